The summed E-state index contributed by atoms with van der Waals surface area (Å²) < 4.78 is 19.1. The predicted octanol–water partition coefficient (Wildman–Crippen LogP) is 2.87. The van der Waals surface area contributed by atoms with Crippen molar-refractivity contribution >= 4 is 17.7 Å². The molecule has 0 amide bonds. The van der Waals surface area contributed by atoms with Gasteiger partial charge in [0.2, 0.25) is 0 Å². The molecule has 0 saturated carbocycles. The van der Waals surface area contributed by atoms with Gasteiger partial charge in [0.1, 0.15) is 23.7 Å². The van der Waals surface area contributed by atoms with Crippen molar-refractivity contribution in [1.29, 1.82) is 0 Å². The number of benzene rings is 1. The van der Waals surface area contributed by atoms with E-state index in [1.54, 1.807) is 12.4 Å². The molecule has 1 heterocycles. The molecule has 1 aromatic rings. The first kappa shape index (κ1) is 12.6. The molecule has 1 aromatic carbocycles. The number of allylic oxidation sites excluding steroid dienone is 2. The first-order chi connectivity index (χ1) is 9.70. The van der Waals surface area contributed by atoms with Crippen LogP contribution >= 0.6 is 0 Å². The smallest absolute Gasteiger partial charge is 0.149 e. The maximum Gasteiger partial charge on any atom is 0.149 e. The van der Waals surface area contributed by atoms with E-state index in [1.165, 1.54) is 12.1 Å². The molecule has 1 atom stereocenters. The lowest BCUT2D eigenvalue weighted by molar-refractivity contribution is 0.440. The molecular formula is C15H14FN3O. The van der Waals surface area contributed by atoms with E-state index >= 15 is 0 Å². The maximum absolute atomic E-state index is 13.4. The van der Waals surface area contributed by atoms with Gasteiger partial charge < -0.3 is 10.5 Å². The van der Waals surface area contributed by atoms with Crippen molar-refractivity contribution in [3.05, 3.63) is 48.0 Å². The molecule has 5 heteroatoms. The second-order valence-electron chi connectivity index (χ2n) is 4.68. The third kappa shape index (κ3) is 2.77. The molecule has 2 aliphatic rings. The van der Waals surface area contributed by atoms with E-state index < -0.39 is 5.82 Å². The number of hydrogen-bond acceptors (Lipinski definition) is 4. The summed E-state index contributed by atoms with van der Waals surface area (Å²) in [6.45, 7) is 0. The molecular weight excluding hydrogens is 257 g/mol. The largest absolute Gasteiger partial charge is 0.457 e. The Hall–Kier alpha value is -2.43. The van der Waals surface area contributed by atoms with Crippen LogP contribution in [0.5, 0.6) is 5.75 Å². The standard InChI is InChI=1S/C15H14FN3O/c16-14-8-13(5-6-15(14)17)20-12-4-3-10-1-2-11(7-12)19-9-18-10/h3-10H,1-2,17H2/b4-3-,12-7+. The van der Waals surface area contributed by atoms with Gasteiger partial charge in [-0.05, 0) is 31.1 Å². The second-order valence-corrected chi connectivity index (χ2v) is 4.68. The molecule has 0 fully saturated rings. The number of hydrogen-bond donors (Lipinski definition) is 1. The summed E-state index contributed by atoms with van der Waals surface area (Å²) in [5, 5.41) is 0. The summed E-state index contributed by atoms with van der Waals surface area (Å²) >= 11 is 0. The van der Waals surface area contributed by atoms with Crippen LogP contribution in [0.25, 0.3) is 0 Å². The zero-order valence-corrected chi connectivity index (χ0v) is 10.8. The quantitative estimate of drug-likeness (QED) is 0.841. The molecule has 1 aliphatic heterocycles. The van der Waals surface area contributed by atoms with Crippen LogP contribution in [0.15, 0.2) is 52.2 Å². The van der Waals surface area contributed by atoms with Gasteiger partial charge in [-0.2, -0.15) is 0 Å². The Morgan fingerprint density at radius 1 is 1.35 bits per heavy atom. The van der Waals surface area contributed by atoms with Gasteiger partial charge in [0.15, 0.2) is 0 Å². The molecule has 2 bridgehead atoms. The molecule has 0 saturated heterocycles. The van der Waals surface area contributed by atoms with Crippen molar-refractivity contribution in [3.63, 3.8) is 0 Å². The van der Waals surface area contributed by atoms with Gasteiger partial charge in [-0.3, -0.25) is 4.99 Å². The Morgan fingerprint density at radius 2 is 2.25 bits per heavy atom. The van der Waals surface area contributed by atoms with Crippen molar-refractivity contribution in [2.24, 2.45) is 9.98 Å². The highest BCUT2D eigenvalue weighted by molar-refractivity contribution is 6.00. The number of fused-ring (bicyclic) bond motifs is 3. The van der Waals surface area contributed by atoms with E-state index in [-0.39, 0.29) is 11.7 Å². The van der Waals surface area contributed by atoms with Crippen LogP contribution in [0.4, 0.5) is 10.1 Å². The Kier molecular flexibility index (Phi) is 3.33. The van der Waals surface area contributed by atoms with E-state index in [4.69, 9.17) is 10.5 Å². The predicted molar refractivity (Wildman–Crippen MR) is 77.6 cm³/mol. The Labute approximate surface area is 116 Å². The number of ether oxygens (including phenoxy) is 1. The first-order valence-corrected chi connectivity index (χ1v) is 6.42. The van der Waals surface area contributed by atoms with Gasteiger partial charge in [0.25, 0.3) is 0 Å². The third-order valence-corrected chi connectivity index (χ3v) is 3.18. The number of halogens is 1. The number of aliphatic imine (C=N–C) groups is 2. The minimum absolute atomic E-state index is 0.105. The summed E-state index contributed by atoms with van der Waals surface area (Å²) in [4.78, 5) is 8.57. The highest BCUT2D eigenvalue weighted by atomic mass is 19.1. The Morgan fingerprint density at radius 3 is 3.10 bits per heavy atom. The van der Waals surface area contributed by atoms with Gasteiger partial charge >= 0.3 is 0 Å². The highest BCUT2D eigenvalue weighted by Gasteiger charge is 2.12. The number of anilines is 1. The summed E-state index contributed by atoms with van der Waals surface area (Å²) in [6, 6.07) is 4.51. The van der Waals surface area contributed by atoms with Gasteiger partial charge in [-0.1, -0.05) is 6.08 Å². The topological polar surface area (TPSA) is 60.0 Å². The molecule has 20 heavy (non-hydrogen) atoms. The van der Waals surface area contributed by atoms with Crippen LogP contribution in [0.3, 0.4) is 0 Å². The van der Waals surface area contributed by atoms with Crippen LogP contribution in [-0.4, -0.2) is 18.1 Å². The number of nitrogen functional groups attached to an aromatic ring is 1. The van der Waals surface area contributed by atoms with Crippen molar-refractivity contribution in [3.8, 4) is 5.75 Å². The van der Waals surface area contributed by atoms with E-state index in [9.17, 15) is 4.39 Å². The molecule has 3 rings (SSSR count). The van der Waals surface area contributed by atoms with Gasteiger partial charge in [0.05, 0.1) is 11.7 Å². The lowest BCUT2D eigenvalue weighted by Gasteiger charge is -2.12. The minimum atomic E-state index is -0.489. The summed E-state index contributed by atoms with van der Waals surface area (Å²) in [6.07, 6.45) is 9.02. The van der Waals surface area contributed by atoms with Crippen LogP contribution < -0.4 is 10.5 Å². The minimum Gasteiger partial charge on any atom is -0.457 e. The van der Waals surface area contributed by atoms with Gasteiger partial charge in [-0.25, -0.2) is 9.38 Å². The fourth-order valence-corrected chi connectivity index (χ4v) is 2.07. The van der Waals surface area contributed by atoms with Gasteiger partial charge in [0, 0.05) is 17.9 Å². The van der Waals surface area contributed by atoms with Crippen LogP contribution in [0, 0.1) is 5.82 Å². The van der Waals surface area contributed by atoms with E-state index in [1.807, 2.05) is 18.2 Å². The second kappa shape index (κ2) is 5.28. The molecule has 4 nitrogen and oxygen atoms in total. The van der Waals surface area contributed by atoms with Gasteiger partial charge in [-0.15, -0.1) is 0 Å². The number of nitrogens with zero attached hydrogens (tertiary/aromatic N) is 2. The highest BCUT2D eigenvalue weighted by Crippen LogP contribution is 2.22. The fraction of sp³-hybridized carbons (Fsp3) is 0.200. The SMILES string of the molecule is Nc1ccc(OC2=C/C3=NC=NC(/C=C\2)CC3)cc1F. The molecule has 0 spiro atoms. The summed E-state index contributed by atoms with van der Waals surface area (Å²) in [5.41, 5.74) is 6.46. The monoisotopic (exact) mass is 271 g/mol. The maximum atomic E-state index is 13.4. The summed E-state index contributed by atoms with van der Waals surface area (Å²) in [5.74, 6) is 0.532. The van der Waals surface area contributed by atoms with Crippen LogP contribution in [0.2, 0.25) is 0 Å². The molecule has 2 N–H and O–H groups in total. The lowest BCUT2D eigenvalue weighted by Crippen LogP contribution is -2.07. The lowest BCUT2D eigenvalue weighted by atomic mass is 10.1. The average molecular weight is 271 g/mol. The van der Waals surface area contributed by atoms with E-state index in [0.29, 0.717) is 11.5 Å². The Balaban J connectivity index is 1.86. The molecule has 1 unspecified atom stereocenters. The number of nitrogens with two attached hydrogens (primary N) is 1. The molecule has 0 radical (unpaired) electrons. The van der Waals surface area contributed by atoms with Crippen LogP contribution in [-0.2, 0) is 0 Å². The zero-order chi connectivity index (χ0) is 13.9. The third-order valence-electron chi connectivity index (χ3n) is 3.18. The molecule has 1 aliphatic carbocycles. The van der Waals surface area contributed by atoms with Crippen molar-refractivity contribution in [1.82, 2.24) is 0 Å². The fourth-order valence-electron chi connectivity index (χ4n) is 2.07. The van der Waals surface area contributed by atoms with Crippen LogP contribution in [0.1, 0.15) is 12.8 Å². The van der Waals surface area contributed by atoms with Crippen molar-refractivity contribution < 1.29 is 9.13 Å². The Bertz CT molecular complexity index is 647. The van der Waals surface area contributed by atoms with Crippen molar-refractivity contribution in [2.45, 2.75) is 18.9 Å². The molecule has 0 aromatic heterocycles. The van der Waals surface area contributed by atoms with Crippen molar-refractivity contribution in [2.75, 3.05) is 5.73 Å². The van der Waals surface area contributed by atoms with E-state index in [0.717, 1.165) is 18.6 Å². The first-order valence-electron chi connectivity index (χ1n) is 6.42. The zero-order valence-electron chi connectivity index (χ0n) is 10.8. The van der Waals surface area contributed by atoms with E-state index in [2.05, 4.69) is 9.98 Å². The molecule has 102 valence electrons. The summed E-state index contributed by atoms with van der Waals surface area (Å²) in [7, 11) is 0. The normalized spacial score (nSPS) is 24.9. The average Bonchev–Trinajstić information content (AvgIpc) is 2.58. The number of rotatable bonds is 2.